The second-order valence-electron chi connectivity index (χ2n) is 3.08. The SMILES string of the molecule is O=C(N/N=C/c1cccs1)c1ccccc1. The first kappa shape index (κ1) is 10.6. The van der Waals surface area contributed by atoms with Gasteiger partial charge in [-0.15, -0.1) is 11.3 Å². The number of thiophene rings is 1. The van der Waals surface area contributed by atoms with Gasteiger partial charge >= 0.3 is 0 Å². The number of hydrazone groups is 1. The van der Waals surface area contributed by atoms with Crippen LogP contribution in [0.15, 0.2) is 52.9 Å². The number of hydrogen-bond acceptors (Lipinski definition) is 3. The molecule has 1 heterocycles. The molecule has 0 radical (unpaired) electrons. The highest BCUT2D eigenvalue weighted by Crippen LogP contribution is 2.04. The van der Waals surface area contributed by atoms with Crippen molar-refractivity contribution in [1.29, 1.82) is 0 Å². The fourth-order valence-electron chi connectivity index (χ4n) is 1.17. The molecule has 0 fully saturated rings. The van der Waals surface area contributed by atoms with Gasteiger partial charge in [-0.3, -0.25) is 4.79 Å². The standard InChI is InChI=1S/C12H10N2OS/c15-12(10-5-2-1-3-6-10)14-13-9-11-7-4-8-16-11/h1-9H,(H,14,15)/b13-9+. The quantitative estimate of drug-likeness (QED) is 0.639. The van der Waals surface area contributed by atoms with Gasteiger partial charge in [0.1, 0.15) is 0 Å². The molecule has 0 saturated carbocycles. The Balaban J connectivity index is 1.94. The number of carbonyl (C=O) groups excluding carboxylic acids is 1. The summed E-state index contributed by atoms with van der Waals surface area (Å²) >= 11 is 1.57. The van der Waals surface area contributed by atoms with Crippen LogP contribution >= 0.6 is 11.3 Å². The van der Waals surface area contributed by atoms with E-state index in [9.17, 15) is 4.79 Å². The average Bonchev–Trinajstić information content (AvgIpc) is 2.83. The summed E-state index contributed by atoms with van der Waals surface area (Å²) in [5, 5.41) is 5.83. The molecule has 0 aliphatic heterocycles. The lowest BCUT2D eigenvalue weighted by molar-refractivity contribution is 0.0955. The van der Waals surface area contributed by atoms with Crippen molar-refractivity contribution in [1.82, 2.24) is 5.43 Å². The zero-order valence-corrected chi connectivity index (χ0v) is 9.28. The molecule has 0 atom stereocenters. The molecule has 4 heteroatoms. The van der Waals surface area contributed by atoms with Crippen LogP contribution in [-0.2, 0) is 0 Å². The van der Waals surface area contributed by atoms with Crippen molar-refractivity contribution in [2.45, 2.75) is 0 Å². The molecule has 1 aromatic carbocycles. The maximum absolute atomic E-state index is 11.6. The number of nitrogens with zero attached hydrogens (tertiary/aromatic N) is 1. The smallest absolute Gasteiger partial charge is 0.267 e. The van der Waals surface area contributed by atoms with E-state index in [2.05, 4.69) is 10.5 Å². The van der Waals surface area contributed by atoms with Gasteiger partial charge in [-0.2, -0.15) is 5.10 Å². The molecule has 0 aliphatic rings. The first-order chi connectivity index (χ1) is 7.86. The van der Waals surface area contributed by atoms with Crippen molar-refractivity contribution in [3.63, 3.8) is 0 Å². The Morgan fingerprint density at radius 1 is 1.19 bits per heavy atom. The van der Waals surface area contributed by atoms with Crippen molar-refractivity contribution in [2.24, 2.45) is 5.10 Å². The molecule has 0 spiro atoms. The Morgan fingerprint density at radius 3 is 2.69 bits per heavy atom. The molecule has 80 valence electrons. The van der Waals surface area contributed by atoms with Crippen molar-refractivity contribution in [3.05, 3.63) is 58.3 Å². The normalized spacial score (nSPS) is 10.5. The molecule has 2 rings (SSSR count). The third kappa shape index (κ3) is 2.77. The lowest BCUT2D eigenvalue weighted by atomic mass is 10.2. The molecule has 2 aromatic rings. The highest BCUT2D eigenvalue weighted by Gasteiger charge is 2.01. The fraction of sp³-hybridized carbons (Fsp3) is 0. The van der Waals surface area contributed by atoms with Gasteiger partial charge in [-0.1, -0.05) is 24.3 Å². The number of benzene rings is 1. The van der Waals surface area contributed by atoms with Crippen LogP contribution in [0.4, 0.5) is 0 Å². The number of amides is 1. The Bertz CT molecular complexity index is 477. The Labute approximate surface area is 97.4 Å². The second-order valence-corrected chi connectivity index (χ2v) is 4.06. The molecule has 1 N–H and O–H groups in total. The lowest BCUT2D eigenvalue weighted by Crippen LogP contribution is -2.17. The van der Waals surface area contributed by atoms with Crippen LogP contribution in [0.25, 0.3) is 0 Å². The molecule has 3 nitrogen and oxygen atoms in total. The third-order valence-corrected chi connectivity index (χ3v) is 2.74. The average molecular weight is 230 g/mol. The molecule has 1 amide bonds. The number of nitrogens with one attached hydrogen (secondary N) is 1. The minimum absolute atomic E-state index is 0.201. The van der Waals surface area contributed by atoms with Gasteiger partial charge in [0.2, 0.25) is 0 Å². The molecule has 0 aliphatic carbocycles. The second kappa shape index (κ2) is 5.23. The van der Waals surface area contributed by atoms with Crippen molar-refractivity contribution < 1.29 is 4.79 Å². The number of carbonyl (C=O) groups is 1. The maximum Gasteiger partial charge on any atom is 0.271 e. The van der Waals surface area contributed by atoms with Gasteiger partial charge in [0.05, 0.1) is 6.21 Å². The number of hydrogen-bond donors (Lipinski definition) is 1. The van der Waals surface area contributed by atoms with Gasteiger partial charge in [0.25, 0.3) is 5.91 Å². The van der Waals surface area contributed by atoms with Gasteiger partial charge in [0, 0.05) is 10.4 Å². The van der Waals surface area contributed by atoms with E-state index in [-0.39, 0.29) is 5.91 Å². The third-order valence-electron chi connectivity index (χ3n) is 1.94. The molecule has 0 unspecified atom stereocenters. The van der Waals surface area contributed by atoms with E-state index in [1.807, 2.05) is 35.7 Å². The van der Waals surface area contributed by atoms with Gasteiger partial charge in [0.15, 0.2) is 0 Å². The van der Waals surface area contributed by atoms with Crippen molar-refractivity contribution in [3.8, 4) is 0 Å². The minimum atomic E-state index is -0.201. The van der Waals surface area contributed by atoms with E-state index in [1.165, 1.54) is 0 Å². The Hall–Kier alpha value is -1.94. The van der Waals surface area contributed by atoms with E-state index in [4.69, 9.17) is 0 Å². The molecular weight excluding hydrogens is 220 g/mol. The summed E-state index contributed by atoms with van der Waals surface area (Å²) in [6, 6.07) is 12.9. The largest absolute Gasteiger partial charge is 0.271 e. The first-order valence-corrected chi connectivity index (χ1v) is 5.66. The highest BCUT2D eigenvalue weighted by molar-refractivity contribution is 7.11. The number of rotatable bonds is 3. The summed E-state index contributed by atoms with van der Waals surface area (Å²) in [7, 11) is 0. The maximum atomic E-state index is 11.6. The van der Waals surface area contributed by atoms with Crippen molar-refractivity contribution >= 4 is 23.5 Å². The predicted octanol–water partition coefficient (Wildman–Crippen LogP) is 2.51. The van der Waals surface area contributed by atoms with Gasteiger partial charge in [-0.25, -0.2) is 5.43 Å². The molecule has 0 bridgehead atoms. The van der Waals surface area contributed by atoms with Gasteiger partial charge in [-0.05, 0) is 23.6 Å². The van der Waals surface area contributed by atoms with Crippen LogP contribution in [-0.4, -0.2) is 12.1 Å². The van der Waals surface area contributed by atoms with Crippen LogP contribution in [0.1, 0.15) is 15.2 Å². The molecular formula is C12H10N2OS. The van der Waals surface area contributed by atoms with Crippen LogP contribution in [0.5, 0.6) is 0 Å². The monoisotopic (exact) mass is 230 g/mol. The predicted molar refractivity (Wildman–Crippen MR) is 65.8 cm³/mol. The van der Waals surface area contributed by atoms with E-state index >= 15 is 0 Å². The molecule has 0 saturated heterocycles. The summed E-state index contributed by atoms with van der Waals surface area (Å²) < 4.78 is 0. The summed E-state index contributed by atoms with van der Waals surface area (Å²) in [6.07, 6.45) is 1.63. The summed E-state index contributed by atoms with van der Waals surface area (Å²) in [6.45, 7) is 0. The lowest BCUT2D eigenvalue weighted by Gasteiger charge is -1.97. The summed E-state index contributed by atoms with van der Waals surface area (Å²) in [5.74, 6) is -0.201. The molecule has 16 heavy (non-hydrogen) atoms. The minimum Gasteiger partial charge on any atom is -0.267 e. The summed E-state index contributed by atoms with van der Waals surface area (Å²) in [4.78, 5) is 12.6. The van der Waals surface area contributed by atoms with Crippen LogP contribution < -0.4 is 5.43 Å². The summed E-state index contributed by atoms with van der Waals surface area (Å²) in [5.41, 5.74) is 3.08. The first-order valence-electron chi connectivity index (χ1n) is 4.78. The topological polar surface area (TPSA) is 41.5 Å². The Morgan fingerprint density at radius 2 is 2.00 bits per heavy atom. The Kier molecular flexibility index (Phi) is 3.46. The van der Waals surface area contributed by atoms with E-state index in [1.54, 1.807) is 29.7 Å². The van der Waals surface area contributed by atoms with Crippen molar-refractivity contribution in [2.75, 3.05) is 0 Å². The van der Waals surface area contributed by atoms with E-state index in [0.29, 0.717) is 5.56 Å². The zero-order valence-electron chi connectivity index (χ0n) is 8.46. The van der Waals surface area contributed by atoms with Crippen LogP contribution in [0.3, 0.4) is 0 Å². The van der Waals surface area contributed by atoms with E-state index in [0.717, 1.165) is 4.88 Å². The van der Waals surface area contributed by atoms with Gasteiger partial charge < -0.3 is 0 Å². The van der Waals surface area contributed by atoms with Crippen LogP contribution in [0.2, 0.25) is 0 Å². The van der Waals surface area contributed by atoms with Crippen LogP contribution in [0, 0.1) is 0 Å². The fourth-order valence-corrected chi connectivity index (χ4v) is 1.76. The zero-order chi connectivity index (χ0) is 11.2. The van der Waals surface area contributed by atoms with E-state index < -0.39 is 0 Å². The molecule has 1 aromatic heterocycles. The highest BCUT2D eigenvalue weighted by atomic mass is 32.1.